The van der Waals surface area contributed by atoms with Crippen LogP contribution in [0.4, 0.5) is 0 Å². The SMILES string of the molecule is COC1OC(C(=O)NCCCN2CCOCC2)=CC2=C1C(=O)c1ccccc1C2=O. The molecule has 30 heavy (non-hydrogen) atoms. The number of carbonyl (C=O) groups is 3. The van der Waals surface area contributed by atoms with Crippen molar-refractivity contribution < 1.29 is 28.6 Å². The average molecular weight is 412 g/mol. The molecule has 0 bridgehead atoms. The fourth-order valence-electron chi connectivity index (χ4n) is 3.83. The lowest BCUT2D eigenvalue weighted by Crippen LogP contribution is -2.39. The van der Waals surface area contributed by atoms with Gasteiger partial charge in [0, 0.05) is 43.4 Å². The lowest BCUT2D eigenvalue weighted by molar-refractivity contribution is -0.128. The van der Waals surface area contributed by atoms with Gasteiger partial charge in [0.25, 0.3) is 5.91 Å². The van der Waals surface area contributed by atoms with Crippen LogP contribution in [0.2, 0.25) is 0 Å². The fourth-order valence-corrected chi connectivity index (χ4v) is 3.83. The van der Waals surface area contributed by atoms with Crippen LogP contribution in [0.15, 0.2) is 47.2 Å². The fraction of sp³-hybridized carbons (Fsp3) is 0.409. The van der Waals surface area contributed by atoms with Gasteiger partial charge in [-0.3, -0.25) is 19.3 Å². The predicted molar refractivity (Wildman–Crippen MR) is 107 cm³/mol. The van der Waals surface area contributed by atoms with Crippen molar-refractivity contribution in [2.45, 2.75) is 12.7 Å². The minimum atomic E-state index is -1.11. The first-order chi connectivity index (χ1) is 14.6. The highest BCUT2D eigenvalue weighted by Gasteiger charge is 2.40. The maximum absolute atomic E-state index is 12.9. The van der Waals surface area contributed by atoms with Gasteiger partial charge < -0.3 is 19.5 Å². The molecule has 158 valence electrons. The summed E-state index contributed by atoms with van der Waals surface area (Å²) in [7, 11) is 1.37. The lowest BCUT2D eigenvalue weighted by Gasteiger charge is -2.29. The van der Waals surface area contributed by atoms with E-state index in [1.165, 1.54) is 13.2 Å². The van der Waals surface area contributed by atoms with Crippen molar-refractivity contribution in [1.82, 2.24) is 10.2 Å². The second kappa shape index (κ2) is 8.91. The van der Waals surface area contributed by atoms with E-state index in [2.05, 4.69) is 10.2 Å². The van der Waals surface area contributed by atoms with E-state index < -0.39 is 12.2 Å². The number of amides is 1. The summed E-state index contributed by atoms with van der Waals surface area (Å²) in [4.78, 5) is 40.7. The van der Waals surface area contributed by atoms with Crippen LogP contribution in [0.5, 0.6) is 0 Å². The molecule has 4 rings (SSSR count). The zero-order valence-electron chi connectivity index (χ0n) is 16.8. The van der Waals surface area contributed by atoms with Crippen molar-refractivity contribution in [3.63, 3.8) is 0 Å². The van der Waals surface area contributed by atoms with E-state index in [1.807, 2.05) is 0 Å². The summed E-state index contributed by atoms with van der Waals surface area (Å²) in [5, 5.41) is 2.81. The number of benzene rings is 1. The smallest absolute Gasteiger partial charge is 0.286 e. The Kier molecular flexibility index (Phi) is 6.08. The molecule has 1 saturated heterocycles. The van der Waals surface area contributed by atoms with Crippen molar-refractivity contribution in [2.75, 3.05) is 46.5 Å². The average Bonchev–Trinajstić information content (AvgIpc) is 2.80. The van der Waals surface area contributed by atoms with Crippen LogP contribution in [-0.2, 0) is 19.0 Å². The Morgan fingerprint density at radius 1 is 1.17 bits per heavy atom. The van der Waals surface area contributed by atoms with Crippen LogP contribution in [0, 0.1) is 0 Å². The van der Waals surface area contributed by atoms with E-state index in [0.29, 0.717) is 17.7 Å². The normalized spacial score (nSPS) is 21.5. The quantitative estimate of drug-likeness (QED) is 0.699. The minimum Gasteiger partial charge on any atom is -0.455 e. The third-order valence-electron chi connectivity index (χ3n) is 5.42. The number of nitrogens with zero attached hydrogens (tertiary/aromatic N) is 1. The van der Waals surface area contributed by atoms with E-state index in [1.54, 1.807) is 24.3 Å². The van der Waals surface area contributed by atoms with Crippen LogP contribution < -0.4 is 5.32 Å². The first kappa shape index (κ1) is 20.5. The summed E-state index contributed by atoms with van der Waals surface area (Å²) in [6, 6.07) is 6.61. The number of hydrogen-bond donors (Lipinski definition) is 1. The Labute approximate surface area is 174 Å². The Balaban J connectivity index is 1.46. The highest BCUT2D eigenvalue weighted by Crippen LogP contribution is 2.34. The third kappa shape index (κ3) is 3.94. The van der Waals surface area contributed by atoms with Gasteiger partial charge in [0.1, 0.15) is 0 Å². The van der Waals surface area contributed by atoms with Crippen molar-refractivity contribution in [3.05, 3.63) is 58.4 Å². The van der Waals surface area contributed by atoms with Gasteiger partial charge in [-0.25, -0.2) is 0 Å². The van der Waals surface area contributed by atoms with Gasteiger partial charge in [-0.1, -0.05) is 24.3 Å². The van der Waals surface area contributed by atoms with E-state index >= 15 is 0 Å². The van der Waals surface area contributed by atoms with E-state index in [9.17, 15) is 14.4 Å². The zero-order chi connectivity index (χ0) is 21.1. The molecule has 1 amide bonds. The minimum absolute atomic E-state index is 0.0347. The second-order valence-electron chi connectivity index (χ2n) is 7.29. The molecule has 0 saturated carbocycles. The Hall–Kier alpha value is -2.81. The number of carbonyl (C=O) groups excluding carboxylic acids is 3. The van der Waals surface area contributed by atoms with Crippen LogP contribution in [-0.4, -0.2) is 75.2 Å². The van der Waals surface area contributed by atoms with E-state index in [-0.39, 0.29) is 28.5 Å². The molecular formula is C22H24N2O6. The standard InChI is InChI=1S/C22H24N2O6/c1-28-22-18-16(19(25)14-5-2-3-6-15(14)20(18)26)13-17(30-22)21(27)23-7-4-8-24-9-11-29-12-10-24/h2-3,5-6,13,22H,4,7-12H2,1H3,(H,23,27). The summed E-state index contributed by atoms with van der Waals surface area (Å²) >= 11 is 0. The number of ketones is 2. The summed E-state index contributed by atoms with van der Waals surface area (Å²) in [6.45, 7) is 4.59. The van der Waals surface area contributed by atoms with Gasteiger partial charge in [0.15, 0.2) is 17.3 Å². The van der Waals surface area contributed by atoms with Crippen LogP contribution in [0.25, 0.3) is 0 Å². The number of rotatable bonds is 6. The topological polar surface area (TPSA) is 94.2 Å². The molecule has 2 aliphatic heterocycles. The molecule has 1 N–H and O–H groups in total. The van der Waals surface area contributed by atoms with Crippen LogP contribution in [0.1, 0.15) is 27.1 Å². The number of Topliss-reactive ketones (excluding diaryl/α,β-unsaturated/α-hetero) is 2. The van der Waals surface area contributed by atoms with Crippen molar-refractivity contribution in [1.29, 1.82) is 0 Å². The number of ether oxygens (including phenoxy) is 3. The summed E-state index contributed by atoms with van der Waals surface area (Å²) in [6.07, 6.45) is 1.02. The highest BCUT2D eigenvalue weighted by atomic mass is 16.7. The Bertz CT molecular complexity index is 929. The maximum atomic E-state index is 12.9. The van der Waals surface area contributed by atoms with Gasteiger partial charge in [0.2, 0.25) is 6.29 Å². The first-order valence-corrected chi connectivity index (χ1v) is 10.0. The monoisotopic (exact) mass is 412 g/mol. The molecule has 1 aliphatic carbocycles. The van der Waals surface area contributed by atoms with Gasteiger partial charge >= 0.3 is 0 Å². The van der Waals surface area contributed by atoms with Gasteiger partial charge in [0.05, 0.1) is 18.8 Å². The summed E-state index contributed by atoms with van der Waals surface area (Å²) in [5.74, 6) is -1.12. The van der Waals surface area contributed by atoms with Crippen LogP contribution in [0.3, 0.4) is 0 Å². The molecule has 0 spiro atoms. The number of morpholine rings is 1. The molecule has 1 aromatic rings. The number of nitrogens with one attached hydrogen (secondary N) is 1. The number of methoxy groups -OCH3 is 1. The molecule has 8 heteroatoms. The van der Waals surface area contributed by atoms with Crippen LogP contribution >= 0.6 is 0 Å². The van der Waals surface area contributed by atoms with Crippen molar-refractivity contribution >= 4 is 17.5 Å². The third-order valence-corrected chi connectivity index (χ3v) is 5.42. The molecule has 2 heterocycles. The highest BCUT2D eigenvalue weighted by molar-refractivity contribution is 6.28. The Morgan fingerprint density at radius 3 is 2.57 bits per heavy atom. The van der Waals surface area contributed by atoms with Gasteiger partial charge in [-0.2, -0.15) is 0 Å². The predicted octanol–water partition coefficient (Wildman–Crippen LogP) is 1.09. The van der Waals surface area contributed by atoms with Gasteiger partial charge in [-0.05, 0) is 19.0 Å². The van der Waals surface area contributed by atoms with E-state index in [0.717, 1.165) is 39.3 Å². The first-order valence-electron chi connectivity index (χ1n) is 10.0. The lowest BCUT2D eigenvalue weighted by atomic mass is 9.82. The molecule has 1 atom stereocenters. The molecule has 1 fully saturated rings. The second-order valence-corrected chi connectivity index (χ2v) is 7.29. The molecule has 1 unspecified atom stereocenters. The number of fused-ring (bicyclic) bond motifs is 1. The van der Waals surface area contributed by atoms with Crippen molar-refractivity contribution in [2.24, 2.45) is 0 Å². The largest absolute Gasteiger partial charge is 0.455 e. The number of allylic oxidation sites excluding steroid dienone is 2. The molecular weight excluding hydrogens is 388 g/mol. The molecule has 0 radical (unpaired) electrons. The molecule has 0 aromatic heterocycles. The maximum Gasteiger partial charge on any atom is 0.286 e. The van der Waals surface area contributed by atoms with Gasteiger partial charge in [-0.15, -0.1) is 0 Å². The molecule has 3 aliphatic rings. The number of hydrogen-bond acceptors (Lipinski definition) is 7. The van der Waals surface area contributed by atoms with Crippen molar-refractivity contribution in [3.8, 4) is 0 Å². The summed E-state index contributed by atoms with van der Waals surface area (Å²) in [5.41, 5.74) is 0.913. The zero-order valence-corrected chi connectivity index (χ0v) is 16.8. The molecule has 1 aromatic carbocycles. The Morgan fingerprint density at radius 2 is 1.87 bits per heavy atom. The summed E-state index contributed by atoms with van der Waals surface area (Å²) < 4.78 is 16.2. The molecule has 8 nitrogen and oxygen atoms in total. The van der Waals surface area contributed by atoms with E-state index in [4.69, 9.17) is 14.2 Å².